The van der Waals surface area contributed by atoms with Crippen LogP contribution >= 0.6 is 11.6 Å². The van der Waals surface area contributed by atoms with Crippen molar-refractivity contribution in [2.45, 2.75) is 0 Å². The predicted molar refractivity (Wildman–Crippen MR) is 71.8 cm³/mol. The molecular formula is C13H10ClF3N3O. The molecule has 0 fully saturated rings. The Balaban J connectivity index is 2.03. The highest BCUT2D eigenvalue weighted by molar-refractivity contribution is 6.28. The zero-order valence-electron chi connectivity index (χ0n) is 10.8. The summed E-state index contributed by atoms with van der Waals surface area (Å²) in [6.07, 6.45) is 2.61. The van der Waals surface area contributed by atoms with Gasteiger partial charge >= 0.3 is 0 Å². The van der Waals surface area contributed by atoms with E-state index >= 15 is 0 Å². The van der Waals surface area contributed by atoms with Gasteiger partial charge in [-0.05, 0) is 23.2 Å². The van der Waals surface area contributed by atoms with Gasteiger partial charge in [-0.2, -0.15) is 4.98 Å². The van der Waals surface area contributed by atoms with Gasteiger partial charge in [0, 0.05) is 19.5 Å². The number of aromatic nitrogens is 2. The second kappa shape index (κ2) is 6.62. The van der Waals surface area contributed by atoms with Gasteiger partial charge in [-0.15, -0.1) is 0 Å². The molecule has 2 rings (SSSR count). The summed E-state index contributed by atoms with van der Waals surface area (Å²) >= 11 is 5.63. The molecule has 0 aliphatic heterocycles. The number of benzene rings is 1. The van der Waals surface area contributed by atoms with Crippen LogP contribution in [0.25, 0.3) is 0 Å². The standard InChI is InChI=1S/C13H10ClF3N3O/c1-18-12-11(6-19-13(14)20-12)21-3-2-7-4-9(16)10(17)5-8(7)15/h2,4-6H,3H2,1H3,(H,18,19,20). The summed E-state index contributed by atoms with van der Waals surface area (Å²) in [6.45, 7) is -0.0817. The highest BCUT2D eigenvalue weighted by atomic mass is 35.5. The first kappa shape index (κ1) is 15.4. The van der Waals surface area contributed by atoms with Crippen molar-refractivity contribution in [1.29, 1.82) is 0 Å². The molecule has 2 aromatic rings. The van der Waals surface area contributed by atoms with Crippen molar-refractivity contribution in [1.82, 2.24) is 9.97 Å². The van der Waals surface area contributed by atoms with E-state index in [4.69, 9.17) is 16.3 Å². The maximum atomic E-state index is 13.4. The number of anilines is 1. The lowest BCUT2D eigenvalue weighted by molar-refractivity contribution is 0.349. The average molecular weight is 317 g/mol. The zero-order chi connectivity index (χ0) is 15.4. The molecule has 21 heavy (non-hydrogen) atoms. The summed E-state index contributed by atoms with van der Waals surface area (Å²) in [7, 11) is 1.62. The largest absolute Gasteiger partial charge is 0.487 e. The molecule has 4 nitrogen and oxygen atoms in total. The van der Waals surface area contributed by atoms with Crippen LogP contribution in [-0.4, -0.2) is 23.6 Å². The third-order valence-corrected chi connectivity index (χ3v) is 2.73. The van der Waals surface area contributed by atoms with Crippen LogP contribution in [0.1, 0.15) is 5.56 Å². The average Bonchev–Trinajstić information content (AvgIpc) is 2.45. The molecule has 0 spiro atoms. The van der Waals surface area contributed by atoms with Crippen LogP contribution in [0.3, 0.4) is 0 Å². The van der Waals surface area contributed by atoms with Crippen LogP contribution in [0.4, 0.5) is 19.0 Å². The van der Waals surface area contributed by atoms with Gasteiger partial charge in [0.25, 0.3) is 0 Å². The summed E-state index contributed by atoms with van der Waals surface area (Å²) in [5, 5.41) is 2.80. The fourth-order valence-electron chi connectivity index (χ4n) is 1.55. The molecule has 1 aromatic heterocycles. The summed E-state index contributed by atoms with van der Waals surface area (Å²) < 4.78 is 44.5. The molecule has 1 radical (unpaired) electrons. The van der Waals surface area contributed by atoms with Gasteiger partial charge in [-0.1, -0.05) is 0 Å². The SMILES string of the molecule is CNc1nc(Cl)ncc1OC[CH]c1cc(F)c(F)cc1F. The first-order valence-corrected chi connectivity index (χ1v) is 6.20. The van der Waals surface area contributed by atoms with Crippen molar-refractivity contribution in [2.24, 2.45) is 0 Å². The van der Waals surface area contributed by atoms with Crippen LogP contribution in [0, 0.1) is 23.9 Å². The van der Waals surface area contributed by atoms with E-state index in [1.165, 1.54) is 12.6 Å². The fourth-order valence-corrected chi connectivity index (χ4v) is 1.68. The lowest BCUT2D eigenvalue weighted by atomic mass is 10.1. The Labute approximate surface area is 123 Å². The molecular weight excluding hydrogens is 307 g/mol. The Kier molecular flexibility index (Phi) is 4.85. The third kappa shape index (κ3) is 3.75. The minimum Gasteiger partial charge on any atom is -0.487 e. The maximum absolute atomic E-state index is 13.4. The van der Waals surface area contributed by atoms with E-state index in [1.807, 2.05) is 0 Å². The number of nitrogens with zero attached hydrogens (tertiary/aromatic N) is 2. The monoisotopic (exact) mass is 316 g/mol. The lowest BCUT2D eigenvalue weighted by Crippen LogP contribution is -2.05. The van der Waals surface area contributed by atoms with Gasteiger partial charge in [0.15, 0.2) is 23.2 Å². The van der Waals surface area contributed by atoms with E-state index in [-0.39, 0.29) is 17.5 Å². The van der Waals surface area contributed by atoms with E-state index in [9.17, 15) is 13.2 Å². The van der Waals surface area contributed by atoms with Gasteiger partial charge < -0.3 is 10.1 Å². The van der Waals surface area contributed by atoms with Crippen molar-refractivity contribution >= 4 is 17.4 Å². The number of hydrogen-bond acceptors (Lipinski definition) is 4. The molecule has 0 aliphatic rings. The van der Waals surface area contributed by atoms with Crippen molar-refractivity contribution in [3.05, 3.63) is 53.0 Å². The van der Waals surface area contributed by atoms with Gasteiger partial charge in [-0.25, -0.2) is 18.2 Å². The molecule has 1 heterocycles. The Morgan fingerprint density at radius 1 is 1.24 bits per heavy atom. The minimum absolute atomic E-state index is 0.0438. The molecule has 111 valence electrons. The van der Waals surface area contributed by atoms with Crippen molar-refractivity contribution in [3.63, 3.8) is 0 Å². The smallest absolute Gasteiger partial charge is 0.224 e. The topological polar surface area (TPSA) is 47.0 Å². The second-order valence-electron chi connectivity index (χ2n) is 3.90. The Morgan fingerprint density at radius 2 is 1.95 bits per heavy atom. The highest BCUT2D eigenvalue weighted by Crippen LogP contribution is 2.22. The van der Waals surface area contributed by atoms with Crippen LogP contribution in [-0.2, 0) is 0 Å². The molecule has 0 aliphatic carbocycles. The van der Waals surface area contributed by atoms with E-state index in [0.29, 0.717) is 17.6 Å². The van der Waals surface area contributed by atoms with Crippen LogP contribution in [0.2, 0.25) is 5.28 Å². The molecule has 0 amide bonds. The summed E-state index contributed by atoms with van der Waals surface area (Å²) in [6, 6.07) is 1.23. The quantitative estimate of drug-likeness (QED) is 0.679. The second-order valence-corrected chi connectivity index (χ2v) is 4.24. The molecule has 1 aromatic carbocycles. The first-order chi connectivity index (χ1) is 10.0. The number of rotatable bonds is 5. The Bertz CT molecular complexity index is 655. The lowest BCUT2D eigenvalue weighted by Gasteiger charge is -2.10. The molecule has 1 N–H and O–H groups in total. The third-order valence-electron chi connectivity index (χ3n) is 2.54. The van der Waals surface area contributed by atoms with Gasteiger partial charge in [0.1, 0.15) is 5.82 Å². The molecule has 0 saturated carbocycles. The van der Waals surface area contributed by atoms with E-state index in [0.717, 1.165) is 6.07 Å². The fraction of sp³-hybridized carbons (Fsp3) is 0.154. The number of hydrogen-bond donors (Lipinski definition) is 1. The predicted octanol–water partition coefficient (Wildman–Crippen LogP) is 3.22. The summed E-state index contributed by atoms with van der Waals surface area (Å²) in [5.74, 6) is -2.60. The van der Waals surface area contributed by atoms with Gasteiger partial charge in [0.05, 0.1) is 12.8 Å². The molecule has 0 saturated heterocycles. The van der Waals surface area contributed by atoms with Gasteiger partial charge in [-0.3, -0.25) is 0 Å². The van der Waals surface area contributed by atoms with Crippen molar-refractivity contribution in [3.8, 4) is 5.75 Å². The zero-order valence-corrected chi connectivity index (χ0v) is 11.6. The van der Waals surface area contributed by atoms with E-state index in [1.54, 1.807) is 7.05 Å². The molecule has 0 unspecified atom stereocenters. The highest BCUT2D eigenvalue weighted by Gasteiger charge is 2.11. The number of nitrogens with one attached hydrogen (secondary N) is 1. The van der Waals surface area contributed by atoms with Crippen LogP contribution < -0.4 is 10.1 Å². The minimum atomic E-state index is -1.24. The van der Waals surface area contributed by atoms with Crippen LogP contribution in [0.15, 0.2) is 18.3 Å². The molecule has 0 bridgehead atoms. The van der Waals surface area contributed by atoms with Crippen molar-refractivity contribution < 1.29 is 17.9 Å². The normalized spacial score (nSPS) is 10.5. The summed E-state index contributed by atoms with van der Waals surface area (Å²) in [5.41, 5.74) is -0.102. The summed E-state index contributed by atoms with van der Waals surface area (Å²) in [4.78, 5) is 7.63. The van der Waals surface area contributed by atoms with Crippen molar-refractivity contribution in [2.75, 3.05) is 19.0 Å². The Hall–Kier alpha value is -2.02. The Morgan fingerprint density at radius 3 is 2.67 bits per heavy atom. The first-order valence-electron chi connectivity index (χ1n) is 5.82. The van der Waals surface area contributed by atoms with Gasteiger partial charge in [0.2, 0.25) is 5.28 Å². The van der Waals surface area contributed by atoms with Crippen LogP contribution in [0.5, 0.6) is 5.75 Å². The number of halogens is 4. The molecule has 8 heteroatoms. The van der Waals surface area contributed by atoms with E-state index in [2.05, 4.69) is 15.3 Å². The maximum Gasteiger partial charge on any atom is 0.224 e. The number of ether oxygens (including phenoxy) is 1. The van der Waals surface area contributed by atoms with E-state index < -0.39 is 17.5 Å². The molecule has 0 atom stereocenters.